The number of para-hydroxylation sites is 1. The maximum Gasteiger partial charge on any atom is 0.271 e. The van der Waals surface area contributed by atoms with Crippen LogP contribution < -0.4 is 10.5 Å². The van der Waals surface area contributed by atoms with Crippen LogP contribution in [0.15, 0.2) is 59.7 Å². The molecule has 1 saturated heterocycles. The summed E-state index contributed by atoms with van der Waals surface area (Å²) >= 11 is 0. The lowest BCUT2D eigenvalue weighted by atomic mass is 10.2. The first-order valence-electron chi connectivity index (χ1n) is 8.78. The molecule has 1 aliphatic heterocycles. The number of fused-ring (bicyclic) bond motifs is 1. The predicted molar refractivity (Wildman–Crippen MR) is 103 cm³/mol. The fraction of sp³-hybridized carbons (Fsp3) is 0.263. The molecule has 1 aromatic heterocycles. The van der Waals surface area contributed by atoms with E-state index in [1.807, 2.05) is 24.3 Å². The Bertz CT molecular complexity index is 1040. The van der Waals surface area contributed by atoms with Crippen LogP contribution in [0.3, 0.4) is 0 Å². The van der Waals surface area contributed by atoms with Gasteiger partial charge in [0, 0.05) is 44.0 Å². The number of benzene rings is 2. The molecule has 2 aromatic carbocycles. The van der Waals surface area contributed by atoms with Crippen molar-refractivity contribution in [1.29, 1.82) is 0 Å². The molecule has 0 N–H and O–H groups in total. The topological polar surface area (TPSA) is 84.5 Å². The standard InChI is InChI=1S/C19H19N5O3/c25-19-17-6-1-2-7-18(17)20-13-23(19)14-21-8-10-22(11-9-21)15-4-3-5-16(12-15)24(26)27/h1-7,12-13H,8-11,14H2. The van der Waals surface area contributed by atoms with Gasteiger partial charge in [-0.1, -0.05) is 18.2 Å². The van der Waals surface area contributed by atoms with E-state index in [1.165, 1.54) is 6.07 Å². The van der Waals surface area contributed by atoms with Crippen LogP contribution in [0.4, 0.5) is 11.4 Å². The predicted octanol–water partition coefficient (Wildman–Crippen LogP) is 2.08. The van der Waals surface area contributed by atoms with Crippen LogP contribution >= 0.6 is 0 Å². The van der Waals surface area contributed by atoms with Crippen molar-refractivity contribution in [1.82, 2.24) is 14.5 Å². The zero-order valence-corrected chi connectivity index (χ0v) is 14.7. The summed E-state index contributed by atoms with van der Waals surface area (Å²) in [5.74, 6) is 0. The number of hydrogen-bond donors (Lipinski definition) is 0. The lowest BCUT2D eigenvalue weighted by Gasteiger charge is -2.36. The number of hydrogen-bond acceptors (Lipinski definition) is 6. The first-order valence-corrected chi connectivity index (χ1v) is 8.78. The third kappa shape index (κ3) is 3.52. The third-order valence-electron chi connectivity index (χ3n) is 4.86. The molecule has 0 unspecified atom stereocenters. The van der Waals surface area contributed by atoms with E-state index >= 15 is 0 Å². The fourth-order valence-electron chi connectivity index (χ4n) is 3.37. The van der Waals surface area contributed by atoms with Gasteiger partial charge in [0.25, 0.3) is 11.2 Å². The van der Waals surface area contributed by atoms with Crippen molar-refractivity contribution in [3.63, 3.8) is 0 Å². The molecule has 1 aliphatic rings. The second-order valence-corrected chi connectivity index (χ2v) is 6.56. The fourth-order valence-corrected chi connectivity index (χ4v) is 3.37. The minimum atomic E-state index is -0.376. The summed E-state index contributed by atoms with van der Waals surface area (Å²) in [5, 5.41) is 11.6. The zero-order chi connectivity index (χ0) is 18.8. The number of anilines is 1. The lowest BCUT2D eigenvalue weighted by Crippen LogP contribution is -2.47. The molecule has 2 heterocycles. The number of nitro groups is 1. The Balaban J connectivity index is 1.44. The molecular weight excluding hydrogens is 346 g/mol. The molecule has 0 radical (unpaired) electrons. The van der Waals surface area contributed by atoms with Gasteiger partial charge < -0.3 is 4.90 Å². The Kier molecular flexibility index (Phi) is 4.55. The maximum absolute atomic E-state index is 12.6. The second-order valence-electron chi connectivity index (χ2n) is 6.56. The largest absolute Gasteiger partial charge is 0.369 e. The summed E-state index contributed by atoms with van der Waals surface area (Å²) < 4.78 is 1.63. The number of aromatic nitrogens is 2. The van der Waals surface area contributed by atoms with Gasteiger partial charge in [-0.2, -0.15) is 0 Å². The summed E-state index contributed by atoms with van der Waals surface area (Å²) in [6, 6.07) is 14.0. The van der Waals surface area contributed by atoms with Crippen LogP contribution in [0.25, 0.3) is 10.9 Å². The number of non-ortho nitro benzene ring substituents is 1. The van der Waals surface area contributed by atoms with E-state index in [4.69, 9.17) is 0 Å². The smallest absolute Gasteiger partial charge is 0.271 e. The number of nitro benzene ring substituents is 1. The number of rotatable bonds is 4. The maximum atomic E-state index is 12.6. The summed E-state index contributed by atoms with van der Waals surface area (Å²) in [5.41, 5.74) is 1.62. The van der Waals surface area contributed by atoms with Gasteiger partial charge in [0.2, 0.25) is 0 Å². The molecule has 138 valence electrons. The monoisotopic (exact) mass is 365 g/mol. The Morgan fingerprint density at radius 2 is 1.81 bits per heavy atom. The first-order chi connectivity index (χ1) is 13.1. The molecule has 8 heteroatoms. The van der Waals surface area contributed by atoms with Crippen molar-refractivity contribution in [3.8, 4) is 0 Å². The van der Waals surface area contributed by atoms with Crippen LogP contribution in [-0.4, -0.2) is 45.6 Å². The average molecular weight is 365 g/mol. The normalized spacial score (nSPS) is 15.2. The third-order valence-corrected chi connectivity index (χ3v) is 4.86. The minimum absolute atomic E-state index is 0.0401. The van der Waals surface area contributed by atoms with E-state index in [-0.39, 0.29) is 16.2 Å². The Morgan fingerprint density at radius 1 is 1.04 bits per heavy atom. The number of piperazine rings is 1. The van der Waals surface area contributed by atoms with Crippen LogP contribution in [0.1, 0.15) is 0 Å². The molecule has 0 spiro atoms. The van der Waals surface area contributed by atoms with Crippen molar-refractivity contribution in [3.05, 3.63) is 75.3 Å². The van der Waals surface area contributed by atoms with Gasteiger partial charge >= 0.3 is 0 Å². The highest BCUT2D eigenvalue weighted by Crippen LogP contribution is 2.22. The Hall–Kier alpha value is -3.26. The van der Waals surface area contributed by atoms with Crippen molar-refractivity contribution < 1.29 is 4.92 Å². The van der Waals surface area contributed by atoms with Crippen LogP contribution in [0.5, 0.6) is 0 Å². The van der Waals surface area contributed by atoms with Crippen LogP contribution in [0, 0.1) is 10.1 Å². The highest BCUT2D eigenvalue weighted by Gasteiger charge is 2.19. The first kappa shape index (κ1) is 17.2. The van der Waals surface area contributed by atoms with Gasteiger partial charge in [-0.3, -0.25) is 24.4 Å². The molecule has 1 fully saturated rings. The zero-order valence-electron chi connectivity index (χ0n) is 14.7. The summed E-state index contributed by atoms with van der Waals surface area (Å²) in [6.45, 7) is 3.51. The number of nitrogens with zero attached hydrogens (tertiary/aromatic N) is 5. The van der Waals surface area contributed by atoms with E-state index < -0.39 is 0 Å². The minimum Gasteiger partial charge on any atom is -0.369 e. The summed E-state index contributed by atoms with van der Waals surface area (Å²) in [4.78, 5) is 31.9. The van der Waals surface area contributed by atoms with Crippen molar-refractivity contribution in [2.45, 2.75) is 6.67 Å². The average Bonchev–Trinajstić information content (AvgIpc) is 2.71. The molecule has 0 bridgehead atoms. The highest BCUT2D eigenvalue weighted by molar-refractivity contribution is 5.76. The van der Waals surface area contributed by atoms with Crippen LogP contribution in [0.2, 0.25) is 0 Å². The highest BCUT2D eigenvalue weighted by atomic mass is 16.6. The Morgan fingerprint density at radius 3 is 2.59 bits per heavy atom. The van der Waals surface area contributed by atoms with Crippen LogP contribution in [-0.2, 0) is 6.67 Å². The summed E-state index contributed by atoms with van der Waals surface area (Å²) in [6.07, 6.45) is 1.59. The van der Waals surface area contributed by atoms with E-state index in [2.05, 4.69) is 14.8 Å². The van der Waals surface area contributed by atoms with Gasteiger partial charge in [-0.25, -0.2) is 4.98 Å². The second kappa shape index (κ2) is 7.16. The lowest BCUT2D eigenvalue weighted by molar-refractivity contribution is -0.384. The molecule has 0 amide bonds. The van der Waals surface area contributed by atoms with Gasteiger partial charge in [0.05, 0.1) is 28.8 Å². The van der Waals surface area contributed by atoms with Gasteiger partial charge in [0.1, 0.15) is 0 Å². The van der Waals surface area contributed by atoms with E-state index in [1.54, 1.807) is 29.1 Å². The quantitative estimate of drug-likeness (QED) is 0.520. The molecule has 3 aromatic rings. The Labute approximate surface area is 155 Å². The van der Waals surface area contributed by atoms with Gasteiger partial charge in [0.15, 0.2) is 0 Å². The van der Waals surface area contributed by atoms with Crippen molar-refractivity contribution in [2.75, 3.05) is 31.1 Å². The SMILES string of the molecule is O=c1c2ccccc2ncn1CN1CCN(c2cccc([N+](=O)[O-])c2)CC1. The molecule has 8 nitrogen and oxygen atoms in total. The van der Waals surface area contributed by atoms with E-state index in [0.717, 1.165) is 31.9 Å². The van der Waals surface area contributed by atoms with Gasteiger partial charge in [-0.15, -0.1) is 0 Å². The molecule has 0 saturated carbocycles. The summed E-state index contributed by atoms with van der Waals surface area (Å²) in [7, 11) is 0. The molecule has 4 rings (SSSR count). The van der Waals surface area contributed by atoms with Crippen molar-refractivity contribution in [2.24, 2.45) is 0 Å². The van der Waals surface area contributed by atoms with Crippen molar-refractivity contribution >= 4 is 22.3 Å². The van der Waals surface area contributed by atoms with Gasteiger partial charge in [-0.05, 0) is 18.2 Å². The molecule has 27 heavy (non-hydrogen) atoms. The molecular formula is C19H19N5O3. The molecule has 0 atom stereocenters. The van der Waals surface area contributed by atoms with E-state index in [0.29, 0.717) is 17.6 Å². The molecule has 0 aliphatic carbocycles. The van der Waals surface area contributed by atoms with E-state index in [9.17, 15) is 14.9 Å².